The number of hydrogen-bond acceptors (Lipinski definition) is 3. The SMILES string of the molecule is CC1(NCc2cc(Br)c3c(c2)OCO3)CCCCC1. The first-order valence-corrected chi connectivity index (χ1v) is 7.79. The van der Waals surface area contributed by atoms with Crippen LogP contribution in [-0.2, 0) is 6.54 Å². The van der Waals surface area contributed by atoms with Crippen molar-refractivity contribution in [3.8, 4) is 11.5 Å². The maximum absolute atomic E-state index is 5.46. The lowest BCUT2D eigenvalue weighted by atomic mass is 9.83. The first-order chi connectivity index (χ1) is 9.16. The van der Waals surface area contributed by atoms with Gasteiger partial charge in [-0.1, -0.05) is 19.3 Å². The highest BCUT2D eigenvalue weighted by atomic mass is 79.9. The normalized spacial score (nSPS) is 20.5. The van der Waals surface area contributed by atoms with E-state index in [0.29, 0.717) is 12.3 Å². The Balaban J connectivity index is 1.68. The van der Waals surface area contributed by atoms with Gasteiger partial charge in [-0.2, -0.15) is 0 Å². The minimum atomic E-state index is 0.293. The Labute approximate surface area is 122 Å². The van der Waals surface area contributed by atoms with Crippen molar-refractivity contribution < 1.29 is 9.47 Å². The number of ether oxygens (including phenoxy) is 2. The molecule has 0 amide bonds. The van der Waals surface area contributed by atoms with Crippen LogP contribution < -0.4 is 14.8 Å². The summed E-state index contributed by atoms with van der Waals surface area (Å²) in [5, 5.41) is 3.72. The molecule has 0 saturated heterocycles. The summed E-state index contributed by atoms with van der Waals surface area (Å²) in [6, 6.07) is 4.19. The number of benzene rings is 1. The van der Waals surface area contributed by atoms with E-state index in [1.54, 1.807) is 0 Å². The van der Waals surface area contributed by atoms with Crippen LogP contribution in [0.4, 0.5) is 0 Å². The maximum Gasteiger partial charge on any atom is 0.231 e. The van der Waals surface area contributed by atoms with Crippen molar-refractivity contribution in [2.45, 2.75) is 51.1 Å². The minimum absolute atomic E-state index is 0.293. The molecule has 0 bridgehead atoms. The zero-order valence-corrected chi connectivity index (χ0v) is 12.9. The molecule has 1 aliphatic carbocycles. The first kappa shape index (κ1) is 13.3. The molecule has 0 spiro atoms. The standard InChI is InChI=1S/C15H20BrNO2/c1-15(5-3-2-4-6-15)17-9-11-7-12(16)14-13(8-11)18-10-19-14/h7-8,17H,2-6,9-10H2,1H3. The summed E-state index contributed by atoms with van der Waals surface area (Å²) in [7, 11) is 0. The van der Waals surface area contributed by atoms with Crippen molar-refractivity contribution in [2.24, 2.45) is 0 Å². The summed E-state index contributed by atoms with van der Waals surface area (Å²) < 4.78 is 11.8. The lowest BCUT2D eigenvalue weighted by molar-refractivity contribution is 0.173. The van der Waals surface area contributed by atoms with Crippen LogP contribution in [0.1, 0.15) is 44.6 Å². The molecule has 4 heteroatoms. The fourth-order valence-corrected chi connectivity index (χ4v) is 3.55. The molecule has 1 fully saturated rings. The van der Waals surface area contributed by atoms with E-state index in [4.69, 9.17) is 9.47 Å². The fraction of sp³-hybridized carbons (Fsp3) is 0.600. The summed E-state index contributed by atoms with van der Waals surface area (Å²) in [6.45, 7) is 3.54. The second kappa shape index (κ2) is 5.33. The van der Waals surface area contributed by atoms with Crippen LogP contribution in [0, 0.1) is 0 Å². The third-order valence-corrected chi connectivity index (χ3v) is 4.75. The molecule has 2 aliphatic rings. The zero-order valence-electron chi connectivity index (χ0n) is 11.3. The summed E-state index contributed by atoms with van der Waals surface area (Å²) in [6.07, 6.45) is 6.62. The van der Waals surface area contributed by atoms with E-state index < -0.39 is 0 Å². The molecule has 1 heterocycles. The molecule has 19 heavy (non-hydrogen) atoms. The summed E-state index contributed by atoms with van der Waals surface area (Å²) in [5.41, 5.74) is 1.53. The van der Waals surface area contributed by atoms with Gasteiger partial charge in [-0.25, -0.2) is 0 Å². The third kappa shape index (κ3) is 2.90. The van der Waals surface area contributed by atoms with Crippen LogP contribution in [0.15, 0.2) is 16.6 Å². The number of halogens is 1. The van der Waals surface area contributed by atoms with Gasteiger partial charge in [0.2, 0.25) is 6.79 Å². The summed E-state index contributed by atoms with van der Waals surface area (Å²) in [5.74, 6) is 1.67. The molecule has 1 aromatic rings. The summed E-state index contributed by atoms with van der Waals surface area (Å²) >= 11 is 3.54. The quantitative estimate of drug-likeness (QED) is 0.911. The van der Waals surface area contributed by atoms with Crippen molar-refractivity contribution in [2.75, 3.05) is 6.79 Å². The van der Waals surface area contributed by atoms with E-state index in [0.717, 1.165) is 22.5 Å². The molecule has 1 N–H and O–H groups in total. The van der Waals surface area contributed by atoms with E-state index in [1.807, 2.05) is 0 Å². The van der Waals surface area contributed by atoms with Crippen LogP contribution in [0.25, 0.3) is 0 Å². The second-order valence-corrected chi connectivity index (χ2v) is 6.64. The second-order valence-electron chi connectivity index (χ2n) is 5.79. The zero-order chi connectivity index (χ0) is 13.3. The summed E-state index contributed by atoms with van der Waals surface area (Å²) in [4.78, 5) is 0. The molecule has 1 aliphatic heterocycles. The number of fused-ring (bicyclic) bond motifs is 1. The molecule has 1 aromatic carbocycles. The van der Waals surface area contributed by atoms with Crippen molar-refractivity contribution in [3.63, 3.8) is 0 Å². The van der Waals surface area contributed by atoms with E-state index in [-0.39, 0.29) is 0 Å². The molecule has 0 atom stereocenters. The van der Waals surface area contributed by atoms with E-state index in [1.165, 1.54) is 37.7 Å². The van der Waals surface area contributed by atoms with Crippen LogP contribution in [0.3, 0.4) is 0 Å². The maximum atomic E-state index is 5.46. The molecule has 0 aromatic heterocycles. The van der Waals surface area contributed by atoms with Crippen molar-refractivity contribution >= 4 is 15.9 Å². The Morgan fingerprint density at radius 1 is 1.21 bits per heavy atom. The smallest absolute Gasteiger partial charge is 0.231 e. The van der Waals surface area contributed by atoms with Gasteiger partial charge in [-0.3, -0.25) is 0 Å². The van der Waals surface area contributed by atoms with E-state index in [9.17, 15) is 0 Å². The van der Waals surface area contributed by atoms with Crippen molar-refractivity contribution in [3.05, 3.63) is 22.2 Å². The third-order valence-electron chi connectivity index (χ3n) is 4.16. The van der Waals surface area contributed by atoms with E-state index in [2.05, 4.69) is 40.3 Å². The predicted molar refractivity (Wildman–Crippen MR) is 78.6 cm³/mol. The van der Waals surface area contributed by atoms with Gasteiger partial charge in [0.15, 0.2) is 11.5 Å². The average Bonchev–Trinajstić information content (AvgIpc) is 2.86. The molecule has 1 saturated carbocycles. The molecule has 3 rings (SSSR count). The van der Waals surface area contributed by atoms with Gasteiger partial charge in [-0.05, 0) is 53.4 Å². The van der Waals surface area contributed by atoms with Gasteiger partial charge in [0, 0.05) is 12.1 Å². The van der Waals surface area contributed by atoms with Gasteiger partial charge in [0.1, 0.15) is 0 Å². The average molecular weight is 326 g/mol. The van der Waals surface area contributed by atoms with Crippen LogP contribution in [0.5, 0.6) is 11.5 Å². The minimum Gasteiger partial charge on any atom is -0.454 e. The van der Waals surface area contributed by atoms with Gasteiger partial charge in [-0.15, -0.1) is 0 Å². The van der Waals surface area contributed by atoms with Gasteiger partial charge in [0.25, 0.3) is 0 Å². The Kier molecular flexibility index (Phi) is 3.72. The van der Waals surface area contributed by atoms with Gasteiger partial charge < -0.3 is 14.8 Å². The topological polar surface area (TPSA) is 30.5 Å². The fourth-order valence-electron chi connectivity index (χ4n) is 2.95. The number of hydrogen-bond donors (Lipinski definition) is 1. The van der Waals surface area contributed by atoms with Crippen LogP contribution in [-0.4, -0.2) is 12.3 Å². The highest BCUT2D eigenvalue weighted by Gasteiger charge is 2.26. The Morgan fingerprint density at radius 2 is 2.00 bits per heavy atom. The number of rotatable bonds is 3. The van der Waals surface area contributed by atoms with Crippen molar-refractivity contribution in [1.82, 2.24) is 5.32 Å². The monoisotopic (exact) mass is 325 g/mol. The lowest BCUT2D eigenvalue weighted by Gasteiger charge is -2.35. The lowest BCUT2D eigenvalue weighted by Crippen LogP contribution is -2.43. The Bertz CT molecular complexity index is 469. The molecule has 3 nitrogen and oxygen atoms in total. The highest BCUT2D eigenvalue weighted by Crippen LogP contribution is 2.40. The predicted octanol–water partition coefficient (Wildman–Crippen LogP) is 3.99. The molecular formula is C15H20BrNO2. The van der Waals surface area contributed by atoms with Crippen LogP contribution >= 0.6 is 15.9 Å². The Hall–Kier alpha value is -0.740. The molecule has 0 radical (unpaired) electrons. The van der Waals surface area contributed by atoms with Gasteiger partial charge >= 0.3 is 0 Å². The molecule has 104 valence electrons. The highest BCUT2D eigenvalue weighted by molar-refractivity contribution is 9.10. The first-order valence-electron chi connectivity index (χ1n) is 6.99. The van der Waals surface area contributed by atoms with Crippen LogP contribution in [0.2, 0.25) is 0 Å². The largest absolute Gasteiger partial charge is 0.454 e. The molecular weight excluding hydrogens is 306 g/mol. The van der Waals surface area contributed by atoms with E-state index >= 15 is 0 Å². The number of nitrogens with one attached hydrogen (secondary N) is 1. The Morgan fingerprint density at radius 3 is 2.79 bits per heavy atom. The molecule has 0 unspecified atom stereocenters. The van der Waals surface area contributed by atoms with Gasteiger partial charge in [0.05, 0.1) is 4.47 Å². The van der Waals surface area contributed by atoms with Crippen molar-refractivity contribution in [1.29, 1.82) is 0 Å².